The maximum atomic E-state index is 12.9. The van der Waals surface area contributed by atoms with Crippen LogP contribution in [0.4, 0.5) is 4.79 Å². The van der Waals surface area contributed by atoms with E-state index in [4.69, 9.17) is 32.7 Å². The minimum atomic E-state index is -0.692. The Morgan fingerprint density at radius 1 is 1.00 bits per heavy atom. The first kappa shape index (κ1) is 23.7. The minimum absolute atomic E-state index is 0.213. The molecule has 1 atom stereocenters. The van der Waals surface area contributed by atoms with Crippen molar-refractivity contribution in [2.45, 2.75) is 19.6 Å². The highest BCUT2D eigenvalue weighted by Gasteiger charge is 2.34. The summed E-state index contributed by atoms with van der Waals surface area (Å²) in [6.45, 7) is 2.22. The van der Waals surface area contributed by atoms with Gasteiger partial charge in [0.1, 0.15) is 12.4 Å². The lowest BCUT2D eigenvalue weighted by Crippen LogP contribution is -2.45. The Morgan fingerprint density at radius 3 is 2.41 bits per heavy atom. The van der Waals surface area contributed by atoms with E-state index >= 15 is 0 Å². The number of amides is 2. The molecule has 3 aromatic carbocycles. The van der Waals surface area contributed by atoms with Crippen LogP contribution in [0.3, 0.4) is 0 Å². The molecule has 1 unspecified atom stereocenters. The summed E-state index contributed by atoms with van der Waals surface area (Å²) in [6, 6.07) is 20.5. The van der Waals surface area contributed by atoms with Crippen LogP contribution in [-0.4, -0.2) is 18.6 Å². The van der Waals surface area contributed by atoms with Crippen LogP contribution in [0.25, 0.3) is 5.70 Å². The molecular formula is C26H22Cl2N2O4. The highest BCUT2D eigenvalue weighted by molar-refractivity contribution is 6.35. The molecule has 0 aliphatic carbocycles. The SMILES string of the molecule is CCOC(=O)C1=C(c2ccccc2)NC(=O)NC1c1ccc(OCc2ccc(Cl)cc2Cl)cc1. The first-order chi connectivity index (χ1) is 16.5. The molecule has 0 bridgehead atoms. The lowest BCUT2D eigenvalue weighted by Gasteiger charge is -2.29. The second kappa shape index (κ2) is 10.6. The molecule has 6 nitrogen and oxygen atoms in total. The number of hydrogen-bond acceptors (Lipinski definition) is 4. The fraction of sp³-hybridized carbons (Fsp3) is 0.154. The van der Waals surface area contributed by atoms with Gasteiger partial charge in [-0.05, 0) is 42.3 Å². The van der Waals surface area contributed by atoms with Gasteiger partial charge in [-0.25, -0.2) is 9.59 Å². The van der Waals surface area contributed by atoms with Crippen molar-refractivity contribution in [1.29, 1.82) is 0 Å². The van der Waals surface area contributed by atoms with Crippen LogP contribution < -0.4 is 15.4 Å². The van der Waals surface area contributed by atoms with Crippen LogP contribution in [-0.2, 0) is 16.1 Å². The molecule has 0 fully saturated rings. The van der Waals surface area contributed by atoms with Gasteiger partial charge >= 0.3 is 12.0 Å². The van der Waals surface area contributed by atoms with Crippen molar-refractivity contribution in [2.75, 3.05) is 6.61 Å². The average molecular weight is 497 g/mol. The molecule has 0 saturated carbocycles. The zero-order chi connectivity index (χ0) is 24.1. The Hall–Kier alpha value is -3.48. The standard InChI is InChI=1S/C26H22Cl2N2O4/c1-2-33-25(31)22-23(16-6-4-3-5-7-16)29-26(32)30-24(22)17-9-12-20(13-10-17)34-15-18-8-11-19(27)14-21(18)28/h3-14,24H,2,15H2,1H3,(H2,29,30,32). The Kier molecular flexibility index (Phi) is 7.40. The maximum absolute atomic E-state index is 12.9. The van der Waals surface area contributed by atoms with Gasteiger partial charge in [-0.1, -0.05) is 71.7 Å². The monoisotopic (exact) mass is 496 g/mol. The molecule has 1 aliphatic heterocycles. The third-order valence-electron chi connectivity index (χ3n) is 5.25. The van der Waals surface area contributed by atoms with Crippen molar-refractivity contribution in [1.82, 2.24) is 10.6 Å². The number of benzene rings is 3. The number of halogens is 2. The van der Waals surface area contributed by atoms with Crippen LogP contribution in [0.5, 0.6) is 5.75 Å². The molecule has 3 aromatic rings. The second-order valence-corrected chi connectivity index (χ2v) is 8.34. The van der Waals surface area contributed by atoms with Gasteiger partial charge in [0.15, 0.2) is 0 Å². The summed E-state index contributed by atoms with van der Waals surface area (Å²) in [5, 5.41) is 6.68. The quantitative estimate of drug-likeness (QED) is 0.399. The predicted octanol–water partition coefficient (Wildman–Crippen LogP) is 5.90. The molecule has 0 aromatic heterocycles. The zero-order valence-corrected chi connectivity index (χ0v) is 19.8. The minimum Gasteiger partial charge on any atom is -0.489 e. The number of urea groups is 1. The van der Waals surface area contributed by atoms with Crippen molar-refractivity contribution < 1.29 is 19.1 Å². The first-order valence-electron chi connectivity index (χ1n) is 10.7. The molecule has 2 N–H and O–H groups in total. The van der Waals surface area contributed by atoms with E-state index in [0.717, 1.165) is 5.56 Å². The molecule has 0 spiro atoms. The van der Waals surface area contributed by atoms with Crippen LogP contribution >= 0.6 is 23.2 Å². The molecule has 1 heterocycles. The van der Waals surface area contributed by atoms with Crippen molar-refractivity contribution >= 4 is 40.9 Å². The Balaban J connectivity index is 1.62. The molecule has 0 saturated heterocycles. The van der Waals surface area contributed by atoms with Crippen molar-refractivity contribution in [3.63, 3.8) is 0 Å². The largest absolute Gasteiger partial charge is 0.489 e. The molecule has 34 heavy (non-hydrogen) atoms. The van der Waals surface area contributed by atoms with Gasteiger partial charge < -0.3 is 20.1 Å². The van der Waals surface area contributed by atoms with Crippen molar-refractivity contribution in [3.8, 4) is 5.75 Å². The Bertz CT molecular complexity index is 1230. The van der Waals surface area contributed by atoms with Crippen LogP contribution in [0.2, 0.25) is 10.0 Å². The highest BCUT2D eigenvalue weighted by Crippen LogP contribution is 2.33. The average Bonchev–Trinajstić information content (AvgIpc) is 2.84. The van der Waals surface area contributed by atoms with Gasteiger partial charge in [0.2, 0.25) is 0 Å². The number of nitrogens with one attached hydrogen (secondary N) is 2. The van der Waals surface area contributed by atoms with Gasteiger partial charge in [0.05, 0.1) is 23.9 Å². The number of esters is 1. The van der Waals surface area contributed by atoms with E-state index in [9.17, 15) is 9.59 Å². The second-order valence-electron chi connectivity index (χ2n) is 7.50. The third-order valence-corrected chi connectivity index (χ3v) is 5.84. The van der Waals surface area contributed by atoms with Crippen molar-refractivity contribution in [3.05, 3.63) is 105 Å². The number of carbonyl (C=O) groups is 2. The molecule has 1 aliphatic rings. The first-order valence-corrected chi connectivity index (χ1v) is 11.4. The van der Waals surface area contributed by atoms with Gasteiger partial charge in [-0.15, -0.1) is 0 Å². The zero-order valence-electron chi connectivity index (χ0n) is 18.3. The van der Waals surface area contributed by atoms with Gasteiger partial charge in [-0.3, -0.25) is 0 Å². The third kappa shape index (κ3) is 5.35. The summed E-state index contributed by atoms with van der Waals surface area (Å²) >= 11 is 12.2. The number of rotatable bonds is 7. The normalized spacial score (nSPS) is 15.4. The number of hydrogen-bond donors (Lipinski definition) is 2. The molecule has 174 valence electrons. The van der Waals surface area contributed by atoms with E-state index in [-0.39, 0.29) is 13.2 Å². The summed E-state index contributed by atoms with van der Waals surface area (Å²) in [5.41, 5.74) is 2.98. The smallest absolute Gasteiger partial charge is 0.338 e. The molecule has 2 amide bonds. The van der Waals surface area contributed by atoms with E-state index in [0.29, 0.717) is 38.2 Å². The summed E-state index contributed by atoms with van der Waals surface area (Å²) in [6.07, 6.45) is 0. The molecule has 8 heteroatoms. The van der Waals surface area contributed by atoms with E-state index in [2.05, 4.69) is 10.6 Å². The van der Waals surface area contributed by atoms with Crippen molar-refractivity contribution in [2.24, 2.45) is 0 Å². The van der Waals surface area contributed by atoms with Gasteiger partial charge in [0, 0.05) is 15.6 Å². The number of carbonyl (C=O) groups excluding carboxylic acids is 2. The van der Waals surface area contributed by atoms with E-state index in [1.807, 2.05) is 36.4 Å². The van der Waals surface area contributed by atoms with E-state index < -0.39 is 18.0 Å². The number of ether oxygens (including phenoxy) is 2. The molecule has 4 rings (SSSR count). The van der Waals surface area contributed by atoms with Gasteiger partial charge in [0.25, 0.3) is 0 Å². The Labute approximate surface area is 207 Å². The van der Waals surface area contributed by atoms with Crippen LogP contribution in [0, 0.1) is 0 Å². The maximum Gasteiger partial charge on any atom is 0.338 e. The summed E-state index contributed by atoms with van der Waals surface area (Å²) in [7, 11) is 0. The fourth-order valence-electron chi connectivity index (χ4n) is 3.63. The lowest BCUT2D eigenvalue weighted by atomic mass is 9.92. The predicted molar refractivity (Wildman–Crippen MR) is 132 cm³/mol. The molecular weight excluding hydrogens is 475 g/mol. The van der Waals surface area contributed by atoms with E-state index in [1.54, 1.807) is 43.3 Å². The fourth-order valence-corrected chi connectivity index (χ4v) is 4.10. The Morgan fingerprint density at radius 2 is 1.74 bits per heavy atom. The summed E-state index contributed by atoms with van der Waals surface area (Å²) in [4.78, 5) is 25.4. The molecule has 0 radical (unpaired) electrons. The van der Waals surface area contributed by atoms with Crippen LogP contribution in [0.1, 0.15) is 29.7 Å². The summed E-state index contributed by atoms with van der Waals surface area (Å²) < 4.78 is 11.2. The van der Waals surface area contributed by atoms with E-state index in [1.165, 1.54) is 0 Å². The highest BCUT2D eigenvalue weighted by atomic mass is 35.5. The van der Waals surface area contributed by atoms with Gasteiger partial charge in [-0.2, -0.15) is 0 Å². The summed E-state index contributed by atoms with van der Waals surface area (Å²) in [5.74, 6) is 0.108. The van der Waals surface area contributed by atoms with Crippen LogP contribution in [0.15, 0.2) is 78.4 Å². The lowest BCUT2D eigenvalue weighted by molar-refractivity contribution is -0.138. The topological polar surface area (TPSA) is 76.7 Å².